The van der Waals surface area contributed by atoms with Crippen molar-refractivity contribution in [2.45, 2.75) is 13.0 Å². The van der Waals surface area contributed by atoms with Gasteiger partial charge in [0.15, 0.2) is 11.5 Å². The van der Waals surface area contributed by atoms with Crippen LogP contribution in [-0.2, 0) is 13.0 Å². The number of aromatic hydroxyl groups is 2. The molecule has 0 atom stereocenters. The Morgan fingerprint density at radius 3 is 2.53 bits per heavy atom. The molecule has 0 unspecified atom stereocenters. The third kappa shape index (κ3) is 3.69. The zero-order chi connectivity index (χ0) is 13.7. The Morgan fingerprint density at radius 2 is 1.79 bits per heavy atom. The van der Waals surface area contributed by atoms with E-state index in [0.717, 1.165) is 5.56 Å². The molecule has 3 N–H and O–H groups in total. The Balaban J connectivity index is 1.81. The van der Waals surface area contributed by atoms with Crippen molar-refractivity contribution in [2.75, 3.05) is 6.54 Å². The lowest BCUT2D eigenvalue weighted by molar-refractivity contribution is 0.403. The molecule has 2 aromatic rings. The number of phenols is 2. The lowest BCUT2D eigenvalue weighted by atomic mass is 10.1. The molecule has 3 nitrogen and oxygen atoms in total. The fourth-order valence-electron chi connectivity index (χ4n) is 1.84. The normalized spacial score (nSPS) is 10.6. The second-order valence-electron chi connectivity index (χ2n) is 4.34. The van der Waals surface area contributed by atoms with Crippen molar-refractivity contribution in [1.29, 1.82) is 0 Å². The van der Waals surface area contributed by atoms with Crippen molar-refractivity contribution in [2.24, 2.45) is 0 Å². The first-order chi connectivity index (χ1) is 9.16. The summed E-state index contributed by atoms with van der Waals surface area (Å²) in [6.07, 6.45) is 0.608. The third-order valence-electron chi connectivity index (χ3n) is 2.90. The Kier molecular flexibility index (Phi) is 4.36. The van der Waals surface area contributed by atoms with Crippen LogP contribution < -0.4 is 5.32 Å². The van der Waals surface area contributed by atoms with Gasteiger partial charge in [0.1, 0.15) is 5.82 Å². The van der Waals surface area contributed by atoms with Gasteiger partial charge in [-0.05, 0) is 42.3 Å². The van der Waals surface area contributed by atoms with Gasteiger partial charge < -0.3 is 15.5 Å². The number of hydrogen-bond acceptors (Lipinski definition) is 3. The molecule has 0 fully saturated rings. The van der Waals surface area contributed by atoms with E-state index in [1.807, 2.05) is 6.07 Å². The molecule has 0 aliphatic carbocycles. The van der Waals surface area contributed by atoms with Gasteiger partial charge in [-0.3, -0.25) is 0 Å². The minimum absolute atomic E-state index is 0.130. The highest BCUT2D eigenvalue weighted by molar-refractivity contribution is 5.40. The van der Waals surface area contributed by atoms with E-state index in [1.54, 1.807) is 18.2 Å². The molecule has 0 saturated heterocycles. The Morgan fingerprint density at radius 1 is 1.00 bits per heavy atom. The van der Waals surface area contributed by atoms with Crippen LogP contribution in [0.25, 0.3) is 0 Å². The number of benzene rings is 2. The average Bonchev–Trinajstić information content (AvgIpc) is 2.40. The minimum atomic E-state index is -0.188. The quantitative estimate of drug-likeness (QED) is 0.572. The molecule has 0 saturated carbocycles. The van der Waals surface area contributed by atoms with E-state index < -0.39 is 0 Å². The van der Waals surface area contributed by atoms with Crippen molar-refractivity contribution in [3.05, 3.63) is 59.4 Å². The smallest absolute Gasteiger partial charge is 0.157 e. The van der Waals surface area contributed by atoms with E-state index in [-0.39, 0.29) is 17.3 Å². The van der Waals surface area contributed by atoms with Crippen molar-refractivity contribution < 1.29 is 14.6 Å². The maximum atomic E-state index is 13.3. The van der Waals surface area contributed by atoms with Gasteiger partial charge in [0.05, 0.1) is 0 Å². The first kappa shape index (κ1) is 13.4. The average molecular weight is 261 g/mol. The molecular weight excluding hydrogens is 245 g/mol. The zero-order valence-corrected chi connectivity index (χ0v) is 10.4. The Labute approximate surface area is 111 Å². The van der Waals surface area contributed by atoms with E-state index >= 15 is 0 Å². The van der Waals surface area contributed by atoms with Crippen molar-refractivity contribution >= 4 is 0 Å². The number of hydrogen-bond donors (Lipinski definition) is 3. The molecule has 0 heterocycles. The molecule has 100 valence electrons. The first-order valence-corrected chi connectivity index (χ1v) is 6.12. The fourth-order valence-corrected chi connectivity index (χ4v) is 1.84. The van der Waals surface area contributed by atoms with Gasteiger partial charge in [-0.25, -0.2) is 4.39 Å². The largest absolute Gasteiger partial charge is 0.504 e. The summed E-state index contributed by atoms with van der Waals surface area (Å²) in [5.74, 6) is -0.449. The predicted molar refractivity (Wildman–Crippen MR) is 71.6 cm³/mol. The predicted octanol–water partition coefficient (Wildman–Crippen LogP) is 2.57. The van der Waals surface area contributed by atoms with Crippen LogP contribution in [0, 0.1) is 5.82 Å². The lowest BCUT2D eigenvalue weighted by Gasteiger charge is -2.07. The SMILES string of the molecule is Oc1ccc(CNCCc2ccccc2F)cc1O. The molecule has 0 aliphatic rings. The molecule has 0 aliphatic heterocycles. The molecule has 0 bridgehead atoms. The molecule has 19 heavy (non-hydrogen) atoms. The summed E-state index contributed by atoms with van der Waals surface area (Å²) in [5, 5.41) is 21.7. The molecular formula is C15H16FNO2. The topological polar surface area (TPSA) is 52.5 Å². The number of rotatable bonds is 5. The summed E-state index contributed by atoms with van der Waals surface area (Å²) in [5.41, 5.74) is 1.55. The van der Waals surface area contributed by atoms with Crippen LogP contribution in [-0.4, -0.2) is 16.8 Å². The fraction of sp³-hybridized carbons (Fsp3) is 0.200. The highest BCUT2D eigenvalue weighted by Crippen LogP contribution is 2.24. The molecule has 0 aromatic heterocycles. The molecule has 4 heteroatoms. The maximum Gasteiger partial charge on any atom is 0.157 e. The molecule has 2 aromatic carbocycles. The van der Waals surface area contributed by atoms with Crippen molar-refractivity contribution in [3.8, 4) is 11.5 Å². The van der Waals surface area contributed by atoms with Gasteiger partial charge in [0.25, 0.3) is 0 Å². The third-order valence-corrected chi connectivity index (χ3v) is 2.90. The van der Waals surface area contributed by atoms with Crippen molar-refractivity contribution in [3.63, 3.8) is 0 Å². The number of nitrogens with one attached hydrogen (secondary N) is 1. The van der Waals surface area contributed by atoms with E-state index in [4.69, 9.17) is 0 Å². The monoisotopic (exact) mass is 261 g/mol. The molecule has 0 radical (unpaired) electrons. The summed E-state index contributed by atoms with van der Waals surface area (Å²) in [6, 6.07) is 11.4. The Bertz CT molecular complexity index is 558. The summed E-state index contributed by atoms with van der Waals surface area (Å²) in [7, 11) is 0. The maximum absolute atomic E-state index is 13.3. The minimum Gasteiger partial charge on any atom is -0.504 e. The van der Waals surface area contributed by atoms with E-state index in [1.165, 1.54) is 18.2 Å². The second-order valence-corrected chi connectivity index (χ2v) is 4.34. The van der Waals surface area contributed by atoms with Crippen molar-refractivity contribution in [1.82, 2.24) is 5.32 Å². The molecule has 0 spiro atoms. The van der Waals surface area contributed by atoms with Crippen LogP contribution in [0.1, 0.15) is 11.1 Å². The second kappa shape index (κ2) is 6.20. The first-order valence-electron chi connectivity index (χ1n) is 6.12. The molecule has 2 rings (SSSR count). The summed E-state index contributed by atoms with van der Waals surface area (Å²) < 4.78 is 13.3. The van der Waals surface area contributed by atoms with Crippen LogP contribution in [0.15, 0.2) is 42.5 Å². The summed E-state index contributed by atoms with van der Waals surface area (Å²) in [6.45, 7) is 1.20. The highest BCUT2D eigenvalue weighted by atomic mass is 19.1. The van der Waals surface area contributed by atoms with Crippen LogP contribution in [0.2, 0.25) is 0 Å². The van der Waals surface area contributed by atoms with Gasteiger partial charge in [0.2, 0.25) is 0 Å². The standard InChI is InChI=1S/C15H16FNO2/c16-13-4-2-1-3-12(13)7-8-17-10-11-5-6-14(18)15(19)9-11/h1-6,9,17-19H,7-8,10H2. The van der Waals surface area contributed by atoms with Gasteiger partial charge in [-0.15, -0.1) is 0 Å². The number of phenolic OH excluding ortho intramolecular Hbond substituents is 2. The van der Waals surface area contributed by atoms with Gasteiger partial charge in [-0.2, -0.15) is 0 Å². The summed E-state index contributed by atoms with van der Waals surface area (Å²) >= 11 is 0. The van der Waals surface area contributed by atoms with Crippen LogP contribution in [0.3, 0.4) is 0 Å². The van der Waals surface area contributed by atoms with E-state index in [9.17, 15) is 14.6 Å². The molecule has 0 amide bonds. The van der Waals surface area contributed by atoms with Gasteiger partial charge >= 0.3 is 0 Å². The highest BCUT2D eigenvalue weighted by Gasteiger charge is 2.02. The summed E-state index contributed by atoms with van der Waals surface area (Å²) in [4.78, 5) is 0. The number of halogens is 1. The van der Waals surface area contributed by atoms with E-state index in [0.29, 0.717) is 25.1 Å². The Hall–Kier alpha value is -2.07. The van der Waals surface area contributed by atoms with Crippen LogP contribution in [0.5, 0.6) is 11.5 Å². The van der Waals surface area contributed by atoms with E-state index in [2.05, 4.69) is 5.32 Å². The lowest BCUT2D eigenvalue weighted by Crippen LogP contribution is -2.17. The van der Waals surface area contributed by atoms with Gasteiger partial charge in [0, 0.05) is 6.54 Å². The van der Waals surface area contributed by atoms with Crippen LogP contribution >= 0.6 is 0 Å². The van der Waals surface area contributed by atoms with Gasteiger partial charge in [-0.1, -0.05) is 24.3 Å². The zero-order valence-electron chi connectivity index (χ0n) is 10.4. The van der Waals surface area contributed by atoms with Crippen LogP contribution in [0.4, 0.5) is 4.39 Å².